The molecule has 2 aromatic rings. The van der Waals surface area contributed by atoms with Crippen LogP contribution >= 0.6 is 0 Å². The van der Waals surface area contributed by atoms with Gasteiger partial charge in [-0.1, -0.05) is 30.3 Å². The second-order valence-corrected chi connectivity index (χ2v) is 8.35. The minimum absolute atomic E-state index is 0. The van der Waals surface area contributed by atoms with E-state index in [4.69, 9.17) is 4.74 Å². The van der Waals surface area contributed by atoms with Gasteiger partial charge in [0.15, 0.2) is 5.75 Å². The Morgan fingerprint density at radius 1 is 1.06 bits per heavy atom. The number of ether oxygens (including phenoxy) is 1. The molecule has 0 aromatic heterocycles. The minimum Gasteiger partial charge on any atom is -1.00 e. The van der Waals surface area contributed by atoms with Gasteiger partial charge in [-0.05, 0) is 43.4 Å². The molecule has 0 spiro atoms. The summed E-state index contributed by atoms with van der Waals surface area (Å²) in [4.78, 5) is 23.2. The molecule has 8 heteroatoms. The number of rotatable bonds is 12. The van der Waals surface area contributed by atoms with Gasteiger partial charge in [0.05, 0.1) is 45.8 Å². The van der Waals surface area contributed by atoms with Gasteiger partial charge in [0.1, 0.15) is 0 Å². The van der Waals surface area contributed by atoms with Crippen LogP contribution in [0.5, 0.6) is 5.75 Å². The molecule has 1 amide bonds. The molecular formula is C23H32IN3O4. The highest BCUT2D eigenvalue weighted by atomic mass is 127. The van der Waals surface area contributed by atoms with E-state index in [9.17, 15) is 14.9 Å². The highest BCUT2D eigenvalue weighted by Crippen LogP contribution is 2.28. The van der Waals surface area contributed by atoms with Crippen LogP contribution in [-0.2, 0) is 6.42 Å². The smallest absolute Gasteiger partial charge is 0.311 e. The van der Waals surface area contributed by atoms with Crippen molar-refractivity contribution in [2.45, 2.75) is 25.7 Å². The zero-order valence-electron chi connectivity index (χ0n) is 18.5. The number of quaternary nitrogens is 1. The first kappa shape index (κ1) is 26.8. The Morgan fingerprint density at radius 2 is 1.77 bits per heavy atom. The van der Waals surface area contributed by atoms with Gasteiger partial charge in [0.2, 0.25) is 0 Å². The highest BCUT2D eigenvalue weighted by molar-refractivity contribution is 5.95. The van der Waals surface area contributed by atoms with Crippen LogP contribution in [0.2, 0.25) is 0 Å². The summed E-state index contributed by atoms with van der Waals surface area (Å²) >= 11 is 0. The summed E-state index contributed by atoms with van der Waals surface area (Å²) in [7, 11) is 6.10. The predicted molar refractivity (Wildman–Crippen MR) is 118 cm³/mol. The number of hydrogen-bond acceptors (Lipinski definition) is 4. The Kier molecular flexibility index (Phi) is 11.5. The molecule has 0 bridgehead atoms. The molecule has 31 heavy (non-hydrogen) atoms. The summed E-state index contributed by atoms with van der Waals surface area (Å²) in [6.07, 6.45) is 3.85. The van der Waals surface area contributed by atoms with Crippen molar-refractivity contribution in [3.8, 4) is 5.75 Å². The van der Waals surface area contributed by atoms with Gasteiger partial charge in [-0.25, -0.2) is 0 Å². The van der Waals surface area contributed by atoms with E-state index in [0.717, 1.165) is 36.7 Å². The van der Waals surface area contributed by atoms with Crippen LogP contribution < -0.4 is 34.0 Å². The highest BCUT2D eigenvalue weighted by Gasteiger charge is 2.19. The van der Waals surface area contributed by atoms with Gasteiger partial charge in [-0.3, -0.25) is 14.9 Å². The molecule has 0 unspecified atom stereocenters. The molecule has 2 aromatic carbocycles. The molecule has 0 saturated carbocycles. The molecule has 1 N–H and O–H groups in total. The number of likely N-dealkylation sites (N-methyl/N-ethyl adjacent to an activating group) is 1. The van der Waals surface area contributed by atoms with Crippen molar-refractivity contribution in [1.29, 1.82) is 0 Å². The summed E-state index contributed by atoms with van der Waals surface area (Å²) in [6.45, 7) is 1.67. The molecule has 0 atom stereocenters. The Morgan fingerprint density at radius 3 is 2.42 bits per heavy atom. The first-order valence-electron chi connectivity index (χ1n) is 10.3. The average molecular weight is 541 g/mol. The Balaban J connectivity index is 0.00000480. The number of nitro benzene ring substituents is 1. The fourth-order valence-electron chi connectivity index (χ4n) is 2.97. The molecule has 0 aliphatic rings. The van der Waals surface area contributed by atoms with Crippen LogP contribution in [0.4, 0.5) is 5.69 Å². The van der Waals surface area contributed by atoms with E-state index in [0.29, 0.717) is 13.2 Å². The lowest BCUT2D eigenvalue weighted by Gasteiger charge is -2.23. The predicted octanol–water partition coefficient (Wildman–Crippen LogP) is 0.827. The fraction of sp³-hybridized carbons (Fsp3) is 0.435. The second-order valence-electron chi connectivity index (χ2n) is 8.35. The van der Waals surface area contributed by atoms with E-state index in [1.165, 1.54) is 17.7 Å². The van der Waals surface area contributed by atoms with E-state index in [2.05, 4.69) is 17.4 Å². The number of unbranched alkanes of at least 4 members (excludes halogenated alkanes) is 2. The molecule has 0 saturated heterocycles. The molecule has 0 radical (unpaired) electrons. The normalized spacial score (nSPS) is 10.8. The summed E-state index contributed by atoms with van der Waals surface area (Å²) < 4.78 is 6.36. The Hall–Kier alpha value is -2.20. The third-order valence-corrected chi connectivity index (χ3v) is 4.70. The summed E-state index contributed by atoms with van der Waals surface area (Å²) in [5.74, 6) is -0.120. The number of aryl methyl sites for hydroxylation is 1. The monoisotopic (exact) mass is 541 g/mol. The van der Waals surface area contributed by atoms with Crippen molar-refractivity contribution < 1.29 is 42.9 Å². The number of carbonyl (C=O) groups is 1. The number of carbonyl (C=O) groups excluding carboxylic acids is 1. The van der Waals surface area contributed by atoms with Crippen molar-refractivity contribution >= 4 is 11.6 Å². The van der Waals surface area contributed by atoms with Crippen LogP contribution in [0.25, 0.3) is 0 Å². The SMILES string of the molecule is C[N+](C)(C)CCNC(=O)c1ccc(OCCCCCc2ccccc2)c([N+](=O)[O-])c1.[I-]. The summed E-state index contributed by atoms with van der Waals surface area (Å²) in [5, 5.41) is 14.2. The molecule has 170 valence electrons. The van der Waals surface area contributed by atoms with Crippen LogP contribution in [0.15, 0.2) is 48.5 Å². The lowest BCUT2D eigenvalue weighted by atomic mass is 10.1. The number of nitrogens with zero attached hydrogens (tertiary/aromatic N) is 2. The number of halogens is 1. The van der Waals surface area contributed by atoms with Crippen molar-refractivity contribution in [1.82, 2.24) is 5.32 Å². The van der Waals surface area contributed by atoms with E-state index >= 15 is 0 Å². The van der Waals surface area contributed by atoms with Crippen molar-refractivity contribution in [2.24, 2.45) is 0 Å². The van der Waals surface area contributed by atoms with E-state index < -0.39 is 4.92 Å². The summed E-state index contributed by atoms with van der Waals surface area (Å²) in [6, 6.07) is 14.7. The first-order chi connectivity index (χ1) is 14.3. The average Bonchev–Trinajstić information content (AvgIpc) is 2.70. The Labute approximate surface area is 201 Å². The second kappa shape index (κ2) is 13.3. The zero-order valence-corrected chi connectivity index (χ0v) is 20.6. The third kappa shape index (κ3) is 10.1. The molecule has 0 aliphatic carbocycles. The van der Waals surface area contributed by atoms with E-state index in [1.54, 1.807) is 6.07 Å². The standard InChI is InChI=1S/C23H31N3O4.HI/c1-26(2,3)16-15-24-23(27)20-13-14-22(21(18-20)25(28)29)30-17-9-5-8-12-19-10-6-4-7-11-19;/h4,6-7,10-11,13-14,18H,5,8-9,12,15-17H2,1-3H3;1H. The largest absolute Gasteiger partial charge is 1.00 e. The summed E-state index contributed by atoms with van der Waals surface area (Å²) in [5.41, 5.74) is 1.39. The maximum atomic E-state index is 12.3. The van der Waals surface area contributed by atoms with Crippen LogP contribution in [0.3, 0.4) is 0 Å². The van der Waals surface area contributed by atoms with Crippen molar-refractivity contribution in [2.75, 3.05) is 40.8 Å². The van der Waals surface area contributed by atoms with Crippen molar-refractivity contribution in [3.05, 3.63) is 69.8 Å². The maximum Gasteiger partial charge on any atom is 0.311 e. The van der Waals surface area contributed by atoms with Gasteiger partial charge >= 0.3 is 5.69 Å². The molecule has 0 aliphatic heterocycles. The van der Waals surface area contributed by atoms with E-state index in [-0.39, 0.29) is 46.9 Å². The molecular weight excluding hydrogens is 509 g/mol. The van der Waals surface area contributed by atoms with Crippen LogP contribution in [0, 0.1) is 10.1 Å². The number of amides is 1. The van der Waals surface area contributed by atoms with Gasteiger partial charge in [-0.15, -0.1) is 0 Å². The quantitative estimate of drug-likeness (QED) is 0.142. The lowest BCUT2D eigenvalue weighted by Crippen LogP contribution is -3.00. The van der Waals surface area contributed by atoms with E-state index in [1.807, 2.05) is 39.3 Å². The topological polar surface area (TPSA) is 81.5 Å². The van der Waals surface area contributed by atoms with Crippen LogP contribution in [-0.4, -0.2) is 56.2 Å². The van der Waals surface area contributed by atoms with Crippen LogP contribution in [0.1, 0.15) is 35.2 Å². The number of benzene rings is 2. The zero-order chi connectivity index (χ0) is 22.0. The lowest BCUT2D eigenvalue weighted by molar-refractivity contribution is -0.869. The number of hydrogen-bond donors (Lipinski definition) is 1. The number of nitrogens with one attached hydrogen (secondary N) is 1. The first-order valence-corrected chi connectivity index (χ1v) is 10.3. The number of nitro groups is 1. The maximum absolute atomic E-state index is 12.3. The molecule has 7 nitrogen and oxygen atoms in total. The van der Waals surface area contributed by atoms with Gasteiger partial charge in [0, 0.05) is 11.6 Å². The van der Waals surface area contributed by atoms with Gasteiger partial charge in [0.25, 0.3) is 5.91 Å². The minimum atomic E-state index is -0.506. The Bertz CT molecular complexity index is 838. The third-order valence-electron chi connectivity index (χ3n) is 4.70. The fourth-order valence-corrected chi connectivity index (χ4v) is 2.97. The molecule has 2 rings (SSSR count). The van der Waals surface area contributed by atoms with Crippen molar-refractivity contribution in [3.63, 3.8) is 0 Å². The van der Waals surface area contributed by atoms with Gasteiger partial charge in [-0.2, -0.15) is 0 Å². The molecule has 0 fully saturated rings. The van der Waals surface area contributed by atoms with Gasteiger partial charge < -0.3 is 38.5 Å². The molecule has 0 heterocycles.